The number of carboxylic acid groups (broad SMARTS) is 1. The van der Waals surface area contributed by atoms with Crippen LogP contribution >= 0.6 is 0 Å². The van der Waals surface area contributed by atoms with Crippen molar-refractivity contribution in [3.05, 3.63) is 0 Å². The molecule has 0 aromatic rings. The number of hydrogen-bond acceptors (Lipinski definition) is 5. The van der Waals surface area contributed by atoms with Crippen LogP contribution in [-0.4, -0.2) is 39.7 Å². The lowest BCUT2D eigenvalue weighted by Crippen LogP contribution is -2.44. The van der Waals surface area contributed by atoms with E-state index in [1.54, 1.807) is 6.92 Å². The summed E-state index contributed by atoms with van der Waals surface area (Å²) in [5.41, 5.74) is -2.10. The van der Waals surface area contributed by atoms with Gasteiger partial charge < -0.3 is 20.1 Å². The summed E-state index contributed by atoms with van der Waals surface area (Å²) in [6.07, 6.45) is -1.42. The molecule has 0 radical (unpaired) electrons. The third kappa shape index (κ3) is 3.39. The van der Waals surface area contributed by atoms with Gasteiger partial charge in [0.05, 0.1) is 6.61 Å². The van der Waals surface area contributed by atoms with Gasteiger partial charge >= 0.3 is 12.1 Å². The van der Waals surface area contributed by atoms with Crippen molar-refractivity contribution in [2.45, 2.75) is 25.4 Å². The molecule has 0 heterocycles. The van der Waals surface area contributed by atoms with Crippen LogP contribution in [0.5, 0.6) is 0 Å². The summed E-state index contributed by atoms with van der Waals surface area (Å²) in [5, 5.41) is 26.1. The number of aliphatic hydroxyl groups excluding tert-OH is 1. The first-order valence-corrected chi connectivity index (χ1v) is 3.74. The fourth-order valence-corrected chi connectivity index (χ4v) is 0.834. The van der Waals surface area contributed by atoms with Crippen LogP contribution in [0.15, 0.2) is 0 Å². The molecule has 0 aliphatic heterocycles. The highest BCUT2D eigenvalue weighted by Crippen LogP contribution is 2.14. The van der Waals surface area contributed by atoms with E-state index in [4.69, 9.17) is 10.2 Å². The van der Waals surface area contributed by atoms with Crippen LogP contribution < -0.4 is 0 Å². The number of aliphatic hydroxyl groups is 2. The number of carbonyl (C=O) groups is 2. The molecule has 1 atom stereocenters. The molecule has 0 saturated heterocycles. The van der Waals surface area contributed by atoms with E-state index in [1.165, 1.54) is 0 Å². The van der Waals surface area contributed by atoms with Crippen LogP contribution in [0.3, 0.4) is 0 Å². The number of rotatable bonds is 4. The van der Waals surface area contributed by atoms with E-state index in [9.17, 15) is 14.7 Å². The average Bonchev–Trinajstić information content (AvgIpc) is 2.03. The van der Waals surface area contributed by atoms with E-state index < -0.39 is 24.3 Å². The van der Waals surface area contributed by atoms with Gasteiger partial charge in [0.15, 0.2) is 5.60 Å². The molecule has 0 aromatic heterocycles. The van der Waals surface area contributed by atoms with Crippen LogP contribution in [0.4, 0.5) is 4.79 Å². The summed E-state index contributed by atoms with van der Waals surface area (Å²) in [6, 6.07) is 0. The number of hydrogen-bond donors (Lipinski definition) is 3. The van der Waals surface area contributed by atoms with E-state index in [1.807, 2.05) is 0 Å². The van der Waals surface area contributed by atoms with Crippen LogP contribution in [0.2, 0.25) is 0 Å². The zero-order valence-corrected chi connectivity index (χ0v) is 7.19. The number of ether oxygens (including phenoxy) is 1. The van der Waals surface area contributed by atoms with E-state index in [0.29, 0.717) is 6.42 Å². The van der Waals surface area contributed by atoms with Crippen molar-refractivity contribution in [3.63, 3.8) is 0 Å². The predicted octanol–water partition coefficient (Wildman–Crippen LogP) is -0.269. The average molecular weight is 192 g/mol. The Bertz CT molecular complexity index is 201. The van der Waals surface area contributed by atoms with Crippen molar-refractivity contribution in [2.24, 2.45) is 0 Å². The zero-order valence-electron chi connectivity index (χ0n) is 7.19. The molecule has 13 heavy (non-hydrogen) atoms. The largest absolute Gasteiger partial charge is 0.513 e. The Morgan fingerprint density at radius 2 is 2.00 bits per heavy atom. The van der Waals surface area contributed by atoms with Gasteiger partial charge in [-0.2, -0.15) is 0 Å². The highest BCUT2D eigenvalue weighted by atomic mass is 16.7. The predicted molar refractivity (Wildman–Crippen MR) is 41.1 cm³/mol. The molecule has 3 N–H and O–H groups in total. The Morgan fingerprint density at radius 3 is 2.31 bits per heavy atom. The van der Waals surface area contributed by atoms with Gasteiger partial charge in [-0.25, -0.2) is 9.59 Å². The Morgan fingerprint density at radius 1 is 1.46 bits per heavy atom. The summed E-state index contributed by atoms with van der Waals surface area (Å²) >= 11 is 0. The van der Waals surface area contributed by atoms with E-state index in [0.717, 1.165) is 0 Å². The Hall–Kier alpha value is -1.14. The number of carbonyl (C=O) groups excluding carboxylic acids is 1. The van der Waals surface area contributed by atoms with Gasteiger partial charge in [-0.1, -0.05) is 13.3 Å². The Kier molecular flexibility index (Phi) is 4.36. The van der Waals surface area contributed by atoms with Gasteiger partial charge in [0.1, 0.15) is 0 Å². The van der Waals surface area contributed by atoms with Crippen molar-refractivity contribution in [1.29, 1.82) is 0 Å². The molecular weight excluding hydrogens is 180 g/mol. The molecule has 0 aromatic carbocycles. The first-order valence-electron chi connectivity index (χ1n) is 3.74. The maximum absolute atomic E-state index is 10.9. The third-order valence-electron chi connectivity index (χ3n) is 1.49. The third-order valence-corrected chi connectivity index (χ3v) is 1.49. The van der Waals surface area contributed by atoms with Crippen molar-refractivity contribution < 1.29 is 29.6 Å². The molecule has 6 heteroatoms. The maximum atomic E-state index is 10.9. The van der Waals surface area contributed by atoms with Crippen molar-refractivity contribution in [2.75, 3.05) is 6.61 Å². The van der Waals surface area contributed by atoms with Gasteiger partial charge in [-0.15, -0.1) is 0 Å². The molecule has 76 valence electrons. The summed E-state index contributed by atoms with van der Waals surface area (Å²) in [5.74, 6) is -1.34. The topological polar surface area (TPSA) is 104 Å². The summed E-state index contributed by atoms with van der Waals surface area (Å²) < 4.78 is 3.73. The fourth-order valence-electron chi connectivity index (χ4n) is 0.834. The maximum Gasteiger partial charge on any atom is 0.513 e. The molecule has 6 nitrogen and oxygen atoms in total. The van der Waals surface area contributed by atoms with E-state index in [2.05, 4.69) is 4.74 Å². The summed E-state index contributed by atoms with van der Waals surface area (Å²) in [6.45, 7) is 0.821. The van der Waals surface area contributed by atoms with Crippen molar-refractivity contribution in [1.82, 2.24) is 0 Å². The molecule has 0 amide bonds. The fraction of sp³-hybridized carbons (Fsp3) is 0.714. The minimum Gasteiger partial charge on any atom is -0.449 e. The number of esters is 1. The lowest BCUT2D eigenvalue weighted by Gasteiger charge is -2.21. The highest BCUT2D eigenvalue weighted by molar-refractivity contribution is 5.87. The molecule has 0 spiro atoms. The second kappa shape index (κ2) is 4.78. The van der Waals surface area contributed by atoms with Gasteiger partial charge in [-0.3, -0.25) is 0 Å². The lowest BCUT2D eigenvalue weighted by atomic mass is 10.00. The molecular formula is C7H12O6. The van der Waals surface area contributed by atoms with Gasteiger partial charge in [0, 0.05) is 0 Å². The summed E-state index contributed by atoms with van der Waals surface area (Å²) in [4.78, 5) is 20.8. The molecule has 1 unspecified atom stereocenters. The van der Waals surface area contributed by atoms with Gasteiger partial charge in [-0.05, 0) is 6.42 Å². The monoisotopic (exact) mass is 192 g/mol. The first-order chi connectivity index (χ1) is 5.96. The minimum atomic E-state index is -2.10. The van der Waals surface area contributed by atoms with Gasteiger partial charge in [0.2, 0.25) is 0 Å². The van der Waals surface area contributed by atoms with Crippen molar-refractivity contribution in [3.8, 4) is 0 Å². The molecule has 0 aliphatic rings. The van der Waals surface area contributed by atoms with Crippen LogP contribution in [0.25, 0.3) is 0 Å². The summed E-state index contributed by atoms with van der Waals surface area (Å²) in [7, 11) is 0. The Labute approximate surface area is 74.7 Å². The van der Waals surface area contributed by atoms with Crippen molar-refractivity contribution >= 4 is 12.1 Å². The van der Waals surface area contributed by atoms with Gasteiger partial charge in [0.25, 0.3) is 0 Å². The normalized spacial score (nSPS) is 14.7. The standard InChI is InChI=1S/C7H12O6/c1-2-3-7(12,4-8)5(9)13-6(10)11/h8,12H,2-4H2,1H3,(H,10,11). The molecule has 0 fully saturated rings. The second-order valence-corrected chi connectivity index (χ2v) is 2.60. The zero-order chi connectivity index (χ0) is 10.5. The van der Waals surface area contributed by atoms with Crippen LogP contribution in [-0.2, 0) is 9.53 Å². The molecule has 0 rings (SSSR count). The van der Waals surface area contributed by atoms with Crippen LogP contribution in [0, 0.1) is 0 Å². The molecule has 0 bridgehead atoms. The second-order valence-electron chi connectivity index (χ2n) is 2.60. The SMILES string of the molecule is CCCC(O)(CO)C(=O)OC(=O)O. The Balaban J connectivity index is 4.37. The smallest absolute Gasteiger partial charge is 0.449 e. The minimum absolute atomic E-state index is 0.0460. The lowest BCUT2D eigenvalue weighted by molar-refractivity contribution is -0.165. The highest BCUT2D eigenvalue weighted by Gasteiger charge is 2.37. The quantitative estimate of drug-likeness (QED) is 0.418. The first kappa shape index (κ1) is 11.9. The van der Waals surface area contributed by atoms with E-state index in [-0.39, 0.29) is 6.42 Å². The molecule has 0 saturated carbocycles. The molecule has 0 aliphatic carbocycles. The van der Waals surface area contributed by atoms with E-state index >= 15 is 0 Å². The van der Waals surface area contributed by atoms with Crippen LogP contribution in [0.1, 0.15) is 19.8 Å².